The Balaban J connectivity index is 1.59. The zero-order valence-corrected chi connectivity index (χ0v) is 19.9. The van der Waals surface area contributed by atoms with Crippen molar-refractivity contribution in [2.75, 3.05) is 24.8 Å². The van der Waals surface area contributed by atoms with E-state index in [0.717, 1.165) is 17.2 Å². The van der Waals surface area contributed by atoms with E-state index in [9.17, 15) is 19.1 Å². The van der Waals surface area contributed by atoms with Gasteiger partial charge in [0, 0.05) is 24.4 Å². The van der Waals surface area contributed by atoms with Crippen molar-refractivity contribution in [2.24, 2.45) is 0 Å². The fraction of sp³-hybridized carbons (Fsp3) is 0.192. The second-order valence-corrected chi connectivity index (χ2v) is 9.86. The summed E-state index contributed by atoms with van der Waals surface area (Å²) in [6.07, 6.45) is 0.765. The fourth-order valence-electron chi connectivity index (χ4n) is 5.58. The number of pyridine rings is 1. The molecule has 7 rings (SSSR count). The lowest BCUT2D eigenvalue weighted by atomic mass is 9.92. The molecule has 2 aliphatic heterocycles. The number of nitrogens with zero attached hydrogens (tertiary/aromatic N) is 4. The molecule has 0 unspecified atom stereocenters. The highest BCUT2D eigenvalue weighted by Crippen LogP contribution is 2.50. The summed E-state index contributed by atoms with van der Waals surface area (Å²) >= 11 is 1.33. The monoisotopic (exact) mass is 520 g/mol. The predicted molar refractivity (Wildman–Crippen MR) is 131 cm³/mol. The maximum absolute atomic E-state index is 15.6. The van der Waals surface area contributed by atoms with E-state index in [1.165, 1.54) is 34.3 Å². The minimum Gasteiger partial charge on any atom is -0.502 e. The first kappa shape index (κ1) is 22.1. The number of carbonyl (C=O) groups is 1. The first-order valence-electron chi connectivity index (χ1n) is 11.6. The van der Waals surface area contributed by atoms with E-state index in [0.29, 0.717) is 16.1 Å². The van der Waals surface area contributed by atoms with Gasteiger partial charge in [0.2, 0.25) is 5.43 Å². The van der Waals surface area contributed by atoms with Crippen molar-refractivity contribution in [1.82, 2.24) is 14.6 Å². The molecule has 37 heavy (non-hydrogen) atoms. The molecule has 1 aliphatic carbocycles. The van der Waals surface area contributed by atoms with Gasteiger partial charge in [-0.1, -0.05) is 30.3 Å². The van der Waals surface area contributed by atoms with Gasteiger partial charge >= 0.3 is 0 Å². The minimum atomic E-state index is -1.02. The van der Waals surface area contributed by atoms with Crippen molar-refractivity contribution in [3.63, 3.8) is 0 Å². The Morgan fingerprint density at radius 3 is 2.78 bits per heavy atom. The summed E-state index contributed by atoms with van der Waals surface area (Å²) in [7, 11) is 0. The number of hydrogen-bond acceptors (Lipinski definition) is 7. The lowest BCUT2D eigenvalue weighted by Crippen LogP contribution is -2.66. The maximum atomic E-state index is 15.6. The van der Waals surface area contributed by atoms with Gasteiger partial charge in [0.1, 0.15) is 6.17 Å². The van der Waals surface area contributed by atoms with Crippen molar-refractivity contribution in [1.29, 1.82) is 0 Å². The van der Waals surface area contributed by atoms with E-state index in [1.54, 1.807) is 15.4 Å². The molecule has 11 heteroatoms. The molecular weight excluding hydrogens is 502 g/mol. The summed E-state index contributed by atoms with van der Waals surface area (Å²) in [6.45, 7) is 0.652. The van der Waals surface area contributed by atoms with Gasteiger partial charge in [0.15, 0.2) is 23.1 Å². The van der Waals surface area contributed by atoms with Crippen LogP contribution in [-0.2, 0) is 4.74 Å². The molecule has 1 N–H and O–H groups in total. The standard InChI is InChI=1S/C26H18F2N4O4S/c27-16-6-5-15-19(20(16)28)21-25(37-12-29-21)14-4-2-1-3-13(14)22(15)32-18-11-36-10-9-30(18)26(35)23-24(34)17(33)7-8-31(23)32/h1-8,12,18,22,34H,9-11H2/t18-,22-/m1/s1. The van der Waals surface area contributed by atoms with Crippen LogP contribution in [0, 0.1) is 11.6 Å². The fourth-order valence-corrected chi connectivity index (χ4v) is 6.42. The second kappa shape index (κ2) is 7.95. The van der Waals surface area contributed by atoms with Crippen LogP contribution in [0.5, 0.6) is 5.75 Å². The zero-order valence-electron chi connectivity index (χ0n) is 19.1. The summed E-state index contributed by atoms with van der Waals surface area (Å²) in [5, 5.41) is 12.5. The van der Waals surface area contributed by atoms with Crippen LogP contribution >= 0.6 is 11.3 Å². The number of carbonyl (C=O) groups excluding carboxylic acids is 1. The van der Waals surface area contributed by atoms with Gasteiger partial charge in [0.05, 0.1) is 35.3 Å². The Morgan fingerprint density at radius 1 is 1.08 bits per heavy atom. The predicted octanol–water partition coefficient (Wildman–Crippen LogP) is 3.48. The average molecular weight is 521 g/mol. The van der Waals surface area contributed by atoms with E-state index in [1.807, 2.05) is 24.3 Å². The highest BCUT2D eigenvalue weighted by Gasteiger charge is 2.46. The summed E-state index contributed by atoms with van der Waals surface area (Å²) in [5.74, 6) is -3.20. The third-order valence-corrected chi connectivity index (χ3v) is 8.02. The van der Waals surface area contributed by atoms with Crippen molar-refractivity contribution < 1.29 is 23.4 Å². The summed E-state index contributed by atoms with van der Waals surface area (Å²) in [4.78, 5) is 32.5. The molecule has 4 aromatic rings. The highest BCUT2D eigenvalue weighted by atomic mass is 32.1. The number of aromatic hydroxyl groups is 1. The van der Waals surface area contributed by atoms with Crippen molar-refractivity contribution in [3.05, 3.63) is 92.9 Å². The molecule has 1 saturated heterocycles. The molecule has 3 aliphatic rings. The normalized spacial score (nSPS) is 19.9. The Hall–Kier alpha value is -4.09. The van der Waals surface area contributed by atoms with Crippen LogP contribution in [-0.4, -0.2) is 51.5 Å². The molecule has 1 amide bonds. The number of morpholine rings is 1. The van der Waals surface area contributed by atoms with Gasteiger partial charge in [-0.15, -0.1) is 11.3 Å². The highest BCUT2D eigenvalue weighted by molar-refractivity contribution is 7.13. The Morgan fingerprint density at radius 2 is 1.92 bits per heavy atom. The third kappa shape index (κ3) is 2.98. The number of thiazole rings is 1. The largest absolute Gasteiger partial charge is 0.502 e. The van der Waals surface area contributed by atoms with Crippen LogP contribution in [0.25, 0.3) is 21.7 Å². The molecule has 186 valence electrons. The number of hydrogen-bond donors (Lipinski definition) is 1. The van der Waals surface area contributed by atoms with Gasteiger partial charge < -0.3 is 14.7 Å². The van der Waals surface area contributed by atoms with E-state index < -0.39 is 40.9 Å². The number of aromatic nitrogens is 2. The van der Waals surface area contributed by atoms with Crippen molar-refractivity contribution >= 4 is 17.2 Å². The van der Waals surface area contributed by atoms with E-state index in [4.69, 9.17) is 4.74 Å². The SMILES string of the molecule is O=C1c2c(O)c(=O)ccn2N([C@@H]2c3ccccc3-c3scnc3-c3c2ccc(F)c3F)[C@@H]2COCCN12. The Kier molecular flexibility index (Phi) is 4.76. The second-order valence-electron chi connectivity index (χ2n) is 9.00. The molecule has 0 spiro atoms. The van der Waals surface area contributed by atoms with E-state index >= 15 is 4.39 Å². The van der Waals surface area contributed by atoms with Crippen LogP contribution in [0.15, 0.2) is 59.0 Å². The first-order valence-corrected chi connectivity index (χ1v) is 12.5. The van der Waals surface area contributed by atoms with Gasteiger partial charge in [-0.25, -0.2) is 13.8 Å². The third-order valence-electron chi connectivity index (χ3n) is 7.17. The van der Waals surface area contributed by atoms with Crippen LogP contribution < -0.4 is 10.4 Å². The molecule has 0 saturated carbocycles. The van der Waals surface area contributed by atoms with Gasteiger partial charge in [-0.05, 0) is 22.8 Å². The van der Waals surface area contributed by atoms with Crippen LogP contribution in [0.3, 0.4) is 0 Å². The van der Waals surface area contributed by atoms with Gasteiger partial charge in [0.25, 0.3) is 5.91 Å². The number of rotatable bonds is 1. The molecule has 8 nitrogen and oxygen atoms in total. The number of ether oxygens (including phenoxy) is 1. The summed E-state index contributed by atoms with van der Waals surface area (Å²) in [5.41, 5.74) is 3.07. The number of benzene rings is 2. The van der Waals surface area contributed by atoms with Gasteiger partial charge in [-0.3, -0.25) is 19.3 Å². The number of halogens is 2. The van der Waals surface area contributed by atoms with Crippen LogP contribution in [0.1, 0.15) is 27.7 Å². The zero-order chi connectivity index (χ0) is 25.4. The molecule has 0 radical (unpaired) electrons. The first-order chi connectivity index (χ1) is 18.0. The smallest absolute Gasteiger partial charge is 0.278 e. The lowest BCUT2D eigenvalue weighted by Gasteiger charge is -2.51. The molecular formula is C26H18F2N4O4S. The van der Waals surface area contributed by atoms with Crippen molar-refractivity contribution in [2.45, 2.75) is 12.2 Å². The van der Waals surface area contributed by atoms with Crippen molar-refractivity contribution in [3.8, 4) is 27.4 Å². The average Bonchev–Trinajstić information content (AvgIpc) is 3.35. The maximum Gasteiger partial charge on any atom is 0.278 e. The molecule has 2 aromatic heterocycles. The lowest BCUT2D eigenvalue weighted by molar-refractivity contribution is -0.0196. The Bertz CT molecular complexity index is 1670. The number of amides is 1. The van der Waals surface area contributed by atoms with Gasteiger partial charge in [-0.2, -0.15) is 0 Å². The van der Waals surface area contributed by atoms with Crippen LogP contribution in [0.4, 0.5) is 8.78 Å². The summed E-state index contributed by atoms with van der Waals surface area (Å²) in [6, 6.07) is 10.5. The van der Waals surface area contributed by atoms with E-state index in [2.05, 4.69) is 4.98 Å². The quantitative estimate of drug-likeness (QED) is 0.414. The van der Waals surface area contributed by atoms with Crippen LogP contribution in [0.2, 0.25) is 0 Å². The van der Waals surface area contributed by atoms with E-state index in [-0.39, 0.29) is 31.0 Å². The minimum absolute atomic E-state index is 0.0319. The molecule has 1 fully saturated rings. The summed E-state index contributed by atoms with van der Waals surface area (Å²) < 4.78 is 37.4. The molecule has 2 aromatic carbocycles. The number of fused-ring (bicyclic) bond motifs is 7. The topological polar surface area (TPSA) is 87.9 Å². The Labute approximate surface area is 212 Å². The molecule has 2 atom stereocenters. The molecule has 0 bridgehead atoms. The molecule has 4 heterocycles.